The molecule has 144 valence electrons. The molecule has 0 aliphatic carbocycles. The molecule has 0 saturated heterocycles. The summed E-state index contributed by atoms with van der Waals surface area (Å²) >= 11 is 0. The van der Waals surface area contributed by atoms with E-state index < -0.39 is 0 Å². The van der Waals surface area contributed by atoms with E-state index in [1.54, 1.807) is 7.11 Å². The van der Waals surface area contributed by atoms with Gasteiger partial charge in [0.2, 0.25) is 5.91 Å². The lowest BCUT2D eigenvalue weighted by Crippen LogP contribution is -2.39. The number of hydrogen-bond donors (Lipinski definition) is 1. The number of nitrogens with one attached hydrogen (secondary N) is 1. The molecule has 1 heterocycles. The molecule has 27 heavy (non-hydrogen) atoms. The first-order chi connectivity index (χ1) is 13.1. The molecule has 0 bridgehead atoms. The predicted octanol–water partition coefficient (Wildman–Crippen LogP) is 4.03. The molecule has 3 rings (SSSR count). The molecule has 0 unspecified atom stereocenters. The Balaban J connectivity index is 1.63. The van der Waals surface area contributed by atoms with Gasteiger partial charge >= 0.3 is 0 Å². The minimum absolute atomic E-state index is 0.0583. The second-order valence-corrected chi connectivity index (χ2v) is 7.55. The third kappa shape index (κ3) is 4.89. The number of carbonyl (C=O) groups is 1. The van der Waals surface area contributed by atoms with Crippen molar-refractivity contribution in [2.45, 2.75) is 45.8 Å². The third-order valence-electron chi connectivity index (χ3n) is 5.21. The molecule has 1 aliphatic heterocycles. The van der Waals surface area contributed by atoms with E-state index in [1.807, 2.05) is 24.3 Å². The first kappa shape index (κ1) is 19.4. The summed E-state index contributed by atoms with van der Waals surface area (Å²) in [5, 5.41) is 3.07. The van der Waals surface area contributed by atoms with Crippen LogP contribution in [0, 0.1) is 0 Å². The van der Waals surface area contributed by atoms with E-state index in [2.05, 4.69) is 42.3 Å². The number of hydrogen-bond acceptors (Lipinski definition) is 3. The van der Waals surface area contributed by atoms with Crippen LogP contribution in [0.5, 0.6) is 0 Å². The standard InChI is InChI=1S/C23H30N2O2/c1-17(2)18-10-11-22-19(13-18)9-6-12-25(22)15-23(26)24-14-20-7-4-5-8-21(20)16-27-3/h4-5,7-8,10-11,13,17H,6,9,12,14-16H2,1-3H3,(H,24,26). The molecule has 0 saturated carbocycles. The molecule has 0 spiro atoms. The van der Waals surface area contributed by atoms with Gasteiger partial charge in [-0.25, -0.2) is 0 Å². The average molecular weight is 367 g/mol. The van der Waals surface area contributed by atoms with Gasteiger partial charge in [-0.1, -0.05) is 50.2 Å². The van der Waals surface area contributed by atoms with Crippen LogP contribution in [0.15, 0.2) is 42.5 Å². The largest absolute Gasteiger partial charge is 0.380 e. The van der Waals surface area contributed by atoms with Gasteiger partial charge in [-0.15, -0.1) is 0 Å². The van der Waals surface area contributed by atoms with E-state index in [9.17, 15) is 4.79 Å². The molecule has 2 aromatic carbocycles. The predicted molar refractivity (Wildman–Crippen MR) is 110 cm³/mol. The van der Waals surface area contributed by atoms with E-state index in [0.717, 1.165) is 30.5 Å². The first-order valence-corrected chi connectivity index (χ1v) is 9.78. The fraction of sp³-hybridized carbons (Fsp3) is 0.435. The van der Waals surface area contributed by atoms with Crippen LogP contribution in [0.4, 0.5) is 5.69 Å². The zero-order valence-electron chi connectivity index (χ0n) is 16.6. The number of methoxy groups -OCH3 is 1. The van der Waals surface area contributed by atoms with Crippen LogP contribution in [0.2, 0.25) is 0 Å². The summed E-state index contributed by atoms with van der Waals surface area (Å²) in [6.45, 7) is 6.87. The lowest BCUT2D eigenvalue weighted by molar-refractivity contribution is -0.119. The Bertz CT molecular complexity index is 786. The van der Waals surface area contributed by atoms with Crippen LogP contribution in [0.25, 0.3) is 0 Å². The third-order valence-corrected chi connectivity index (χ3v) is 5.21. The number of aryl methyl sites for hydroxylation is 1. The maximum absolute atomic E-state index is 12.6. The zero-order chi connectivity index (χ0) is 19.2. The van der Waals surface area contributed by atoms with Gasteiger partial charge in [0, 0.05) is 25.9 Å². The summed E-state index contributed by atoms with van der Waals surface area (Å²) in [4.78, 5) is 14.8. The van der Waals surface area contributed by atoms with Crippen molar-refractivity contribution in [3.05, 3.63) is 64.7 Å². The molecule has 4 nitrogen and oxygen atoms in total. The van der Waals surface area contributed by atoms with Gasteiger partial charge in [-0.2, -0.15) is 0 Å². The molecule has 0 aromatic heterocycles. The minimum Gasteiger partial charge on any atom is -0.380 e. The van der Waals surface area contributed by atoms with Crippen LogP contribution in [0.3, 0.4) is 0 Å². The molecular weight excluding hydrogens is 336 g/mol. The fourth-order valence-electron chi connectivity index (χ4n) is 3.67. The van der Waals surface area contributed by atoms with Crippen LogP contribution in [-0.2, 0) is 29.1 Å². The number of rotatable bonds is 7. The molecule has 0 radical (unpaired) electrons. The maximum atomic E-state index is 12.6. The van der Waals surface area contributed by atoms with Crippen molar-refractivity contribution in [2.75, 3.05) is 25.1 Å². The Hall–Kier alpha value is -2.33. The van der Waals surface area contributed by atoms with Gasteiger partial charge in [0.05, 0.1) is 13.2 Å². The van der Waals surface area contributed by atoms with Crippen molar-refractivity contribution in [3.8, 4) is 0 Å². The molecule has 1 amide bonds. The molecule has 1 N–H and O–H groups in total. The van der Waals surface area contributed by atoms with Gasteiger partial charge in [0.25, 0.3) is 0 Å². The van der Waals surface area contributed by atoms with Crippen LogP contribution in [-0.4, -0.2) is 26.1 Å². The second kappa shape index (κ2) is 9.05. The smallest absolute Gasteiger partial charge is 0.239 e. The highest BCUT2D eigenvalue weighted by Crippen LogP contribution is 2.30. The summed E-state index contributed by atoms with van der Waals surface area (Å²) in [7, 11) is 1.69. The Morgan fingerprint density at radius 1 is 1.19 bits per heavy atom. The summed E-state index contributed by atoms with van der Waals surface area (Å²) in [5.74, 6) is 0.587. The number of ether oxygens (including phenoxy) is 1. The van der Waals surface area contributed by atoms with Crippen LogP contribution >= 0.6 is 0 Å². The van der Waals surface area contributed by atoms with Gasteiger partial charge < -0.3 is 15.0 Å². The quantitative estimate of drug-likeness (QED) is 0.804. The monoisotopic (exact) mass is 366 g/mol. The van der Waals surface area contributed by atoms with Crippen molar-refractivity contribution in [1.29, 1.82) is 0 Å². The highest BCUT2D eigenvalue weighted by atomic mass is 16.5. The summed E-state index contributed by atoms with van der Waals surface area (Å²) in [6.07, 6.45) is 2.19. The number of amides is 1. The van der Waals surface area contributed by atoms with Gasteiger partial charge in [-0.05, 0) is 47.1 Å². The molecule has 0 fully saturated rings. The SMILES string of the molecule is COCc1ccccc1CNC(=O)CN1CCCc2cc(C(C)C)ccc21. The number of anilines is 1. The van der Waals surface area contributed by atoms with Crippen molar-refractivity contribution < 1.29 is 9.53 Å². The molecule has 1 aliphatic rings. The average Bonchev–Trinajstić information content (AvgIpc) is 2.67. The Kier molecular flexibility index (Phi) is 6.51. The highest BCUT2D eigenvalue weighted by molar-refractivity contribution is 5.82. The van der Waals surface area contributed by atoms with E-state index in [4.69, 9.17) is 4.74 Å². The van der Waals surface area contributed by atoms with E-state index >= 15 is 0 Å². The Morgan fingerprint density at radius 2 is 1.96 bits per heavy atom. The Labute approximate surface area is 162 Å². The molecular formula is C23H30N2O2. The van der Waals surface area contributed by atoms with Crippen molar-refractivity contribution >= 4 is 11.6 Å². The van der Waals surface area contributed by atoms with Crippen molar-refractivity contribution in [2.24, 2.45) is 0 Å². The minimum atomic E-state index is 0.0583. The molecule has 0 atom stereocenters. The summed E-state index contributed by atoms with van der Waals surface area (Å²) < 4.78 is 5.24. The van der Waals surface area contributed by atoms with Gasteiger partial charge in [0.15, 0.2) is 0 Å². The number of fused-ring (bicyclic) bond motifs is 1. The van der Waals surface area contributed by atoms with E-state index in [0.29, 0.717) is 25.6 Å². The fourth-order valence-corrected chi connectivity index (χ4v) is 3.67. The van der Waals surface area contributed by atoms with E-state index in [1.165, 1.54) is 16.8 Å². The maximum Gasteiger partial charge on any atom is 0.239 e. The van der Waals surface area contributed by atoms with Crippen LogP contribution < -0.4 is 10.2 Å². The number of nitrogens with zero attached hydrogens (tertiary/aromatic N) is 1. The van der Waals surface area contributed by atoms with Crippen LogP contribution in [0.1, 0.15) is 48.4 Å². The first-order valence-electron chi connectivity index (χ1n) is 9.78. The molecule has 4 heteroatoms. The summed E-state index contributed by atoms with van der Waals surface area (Å²) in [6, 6.07) is 14.8. The Morgan fingerprint density at radius 3 is 2.70 bits per heavy atom. The normalized spacial score (nSPS) is 13.6. The van der Waals surface area contributed by atoms with Crippen molar-refractivity contribution in [1.82, 2.24) is 5.32 Å². The van der Waals surface area contributed by atoms with Crippen molar-refractivity contribution in [3.63, 3.8) is 0 Å². The van der Waals surface area contributed by atoms with Gasteiger partial charge in [0.1, 0.15) is 0 Å². The topological polar surface area (TPSA) is 41.6 Å². The lowest BCUT2D eigenvalue weighted by Gasteiger charge is -2.31. The second-order valence-electron chi connectivity index (χ2n) is 7.55. The number of benzene rings is 2. The zero-order valence-corrected chi connectivity index (χ0v) is 16.6. The van der Waals surface area contributed by atoms with Gasteiger partial charge in [-0.3, -0.25) is 4.79 Å². The number of carbonyl (C=O) groups excluding carboxylic acids is 1. The highest BCUT2D eigenvalue weighted by Gasteiger charge is 2.20. The molecule has 2 aromatic rings. The summed E-state index contributed by atoms with van der Waals surface area (Å²) in [5.41, 5.74) is 6.17. The lowest BCUT2D eigenvalue weighted by atomic mass is 9.95. The van der Waals surface area contributed by atoms with E-state index in [-0.39, 0.29) is 5.91 Å².